The molecule has 1 aliphatic heterocycles. The van der Waals surface area contributed by atoms with Crippen LogP contribution in [0.5, 0.6) is 0 Å². The number of carbonyl (C=O) groups excluding carboxylic acids is 1. The van der Waals surface area contributed by atoms with Crippen LogP contribution >= 0.6 is 0 Å². The van der Waals surface area contributed by atoms with E-state index >= 15 is 0 Å². The fourth-order valence-corrected chi connectivity index (χ4v) is 1.84. The van der Waals surface area contributed by atoms with Crippen molar-refractivity contribution in [3.63, 3.8) is 0 Å². The molecule has 0 unspecified atom stereocenters. The molecule has 98 valence electrons. The minimum absolute atomic E-state index is 0.00309. The van der Waals surface area contributed by atoms with Crippen LogP contribution in [-0.4, -0.2) is 67.9 Å². The van der Waals surface area contributed by atoms with E-state index in [1.807, 2.05) is 0 Å². The zero-order valence-electron chi connectivity index (χ0n) is 9.60. The van der Waals surface area contributed by atoms with Gasteiger partial charge in [0.25, 0.3) is 0 Å². The van der Waals surface area contributed by atoms with Crippen LogP contribution in [0.3, 0.4) is 0 Å². The average molecular weight is 255 g/mol. The molecule has 1 aliphatic rings. The summed E-state index contributed by atoms with van der Waals surface area (Å²) in [6.07, 6.45) is 1.21. The fraction of sp³-hybridized carbons (Fsp3) is 0.667. The number of ether oxygens (including phenoxy) is 1. The zero-order chi connectivity index (χ0) is 13.0. The van der Waals surface area contributed by atoms with Gasteiger partial charge in [-0.15, -0.1) is 5.10 Å². The first-order valence-corrected chi connectivity index (χ1v) is 5.46. The topological polar surface area (TPSA) is 110 Å². The van der Waals surface area contributed by atoms with Gasteiger partial charge in [0.1, 0.15) is 12.9 Å². The lowest BCUT2D eigenvalue weighted by molar-refractivity contribution is -0.146. The lowest BCUT2D eigenvalue weighted by atomic mass is 10.1. The van der Waals surface area contributed by atoms with Crippen LogP contribution in [0.4, 0.5) is 0 Å². The third-order valence-electron chi connectivity index (χ3n) is 2.65. The Morgan fingerprint density at radius 3 is 3.00 bits per heavy atom. The van der Waals surface area contributed by atoms with Crippen molar-refractivity contribution in [3.05, 3.63) is 6.33 Å². The Balaban J connectivity index is 1.99. The molecule has 1 atom stereocenters. The van der Waals surface area contributed by atoms with Gasteiger partial charge in [-0.3, -0.25) is 9.59 Å². The quantitative estimate of drug-likeness (QED) is 0.688. The van der Waals surface area contributed by atoms with Crippen molar-refractivity contribution in [2.45, 2.75) is 19.0 Å². The van der Waals surface area contributed by atoms with Gasteiger partial charge < -0.3 is 14.7 Å². The standard InChI is InChI=1S/C9H13N5O4/c15-8(4-13-6-10-11-12-13)14-1-2-18-5-7(14)3-9(16)17/h6-7H,1-5H2,(H,16,17)/t7-/m0/s1. The number of carboxylic acid groups (broad SMARTS) is 1. The van der Waals surface area contributed by atoms with Crippen molar-refractivity contribution in [1.82, 2.24) is 25.1 Å². The lowest BCUT2D eigenvalue weighted by Gasteiger charge is -2.34. The average Bonchev–Trinajstić information content (AvgIpc) is 2.81. The Morgan fingerprint density at radius 2 is 2.33 bits per heavy atom. The Labute approximate surface area is 102 Å². The van der Waals surface area contributed by atoms with Crippen molar-refractivity contribution in [2.75, 3.05) is 19.8 Å². The number of carbonyl (C=O) groups is 2. The predicted octanol–water partition coefficient (Wildman–Crippen LogP) is -1.62. The summed E-state index contributed by atoms with van der Waals surface area (Å²) in [5, 5.41) is 19.2. The molecule has 1 aromatic heterocycles. The van der Waals surface area contributed by atoms with Gasteiger partial charge in [0, 0.05) is 6.54 Å². The summed E-state index contributed by atoms with van der Waals surface area (Å²) in [6.45, 7) is 1.05. The molecule has 0 aromatic carbocycles. The number of aromatic nitrogens is 4. The van der Waals surface area contributed by atoms with E-state index in [4.69, 9.17) is 9.84 Å². The molecular formula is C9H13N5O4. The van der Waals surface area contributed by atoms with Crippen LogP contribution in [-0.2, 0) is 20.9 Å². The maximum Gasteiger partial charge on any atom is 0.305 e. The fourth-order valence-electron chi connectivity index (χ4n) is 1.84. The SMILES string of the molecule is O=C(O)C[C@H]1COCCN1C(=O)Cn1cnnn1. The first kappa shape index (κ1) is 12.4. The van der Waals surface area contributed by atoms with E-state index in [2.05, 4.69) is 15.5 Å². The van der Waals surface area contributed by atoms with E-state index in [0.717, 1.165) is 0 Å². The van der Waals surface area contributed by atoms with E-state index in [1.165, 1.54) is 15.9 Å². The van der Waals surface area contributed by atoms with Gasteiger partial charge in [-0.25, -0.2) is 4.68 Å². The van der Waals surface area contributed by atoms with E-state index in [1.54, 1.807) is 0 Å². The van der Waals surface area contributed by atoms with Gasteiger partial charge in [-0.1, -0.05) is 0 Å². The van der Waals surface area contributed by atoms with Crippen molar-refractivity contribution >= 4 is 11.9 Å². The second kappa shape index (κ2) is 5.54. The molecule has 18 heavy (non-hydrogen) atoms. The van der Waals surface area contributed by atoms with Crippen molar-refractivity contribution in [1.29, 1.82) is 0 Å². The Morgan fingerprint density at radius 1 is 1.50 bits per heavy atom. The smallest absolute Gasteiger partial charge is 0.305 e. The number of hydrogen-bond donors (Lipinski definition) is 1. The number of carboxylic acids is 1. The zero-order valence-corrected chi connectivity index (χ0v) is 9.60. The number of morpholine rings is 1. The van der Waals surface area contributed by atoms with E-state index in [9.17, 15) is 9.59 Å². The highest BCUT2D eigenvalue weighted by Gasteiger charge is 2.29. The van der Waals surface area contributed by atoms with E-state index in [0.29, 0.717) is 13.2 Å². The molecule has 1 fully saturated rings. The van der Waals surface area contributed by atoms with Gasteiger partial charge in [0.05, 0.1) is 25.7 Å². The summed E-state index contributed by atoms with van der Waals surface area (Å²) in [5.74, 6) is -1.16. The molecule has 2 heterocycles. The molecule has 1 amide bonds. The molecule has 2 rings (SSSR count). The maximum absolute atomic E-state index is 12.0. The van der Waals surface area contributed by atoms with E-state index < -0.39 is 12.0 Å². The second-order valence-corrected chi connectivity index (χ2v) is 3.92. The minimum atomic E-state index is -0.953. The Kier molecular flexibility index (Phi) is 3.82. The summed E-state index contributed by atoms with van der Waals surface area (Å²) in [7, 11) is 0. The number of aliphatic carboxylic acids is 1. The molecule has 9 nitrogen and oxygen atoms in total. The number of hydrogen-bond acceptors (Lipinski definition) is 6. The number of tetrazole rings is 1. The maximum atomic E-state index is 12.0. The number of amides is 1. The first-order valence-electron chi connectivity index (χ1n) is 5.46. The third-order valence-corrected chi connectivity index (χ3v) is 2.65. The van der Waals surface area contributed by atoms with Gasteiger partial charge in [-0.05, 0) is 10.4 Å². The highest BCUT2D eigenvalue weighted by molar-refractivity contribution is 5.77. The van der Waals surface area contributed by atoms with Gasteiger partial charge in [-0.2, -0.15) is 0 Å². The normalized spacial score (nSPS) is 19.8. The highest BCUT2D eigenvalue weighted by Crippen LogP contribution is 2.11. The summed E-state index contributed by atoms with van der Waals surface area (Å²) >= 11 is 0. The van der Waals surface area contributed by atoms with Crippen LogP contribution in [0.2, 0.25) is 0 Å². The predicted molar refractivity (Wildman–Crippen MR) is 56.4 cm³/mol. The van der Waals surface area contributed by atoms with Crippen molar-refractivity contribution < 1.29 is 19.4 Å². The van der Waals surface area contributed by atoms with Crippen LogP contribution in [0.25, 0.3) is 0 Å². The molecule has 0 spiro atoms. The second-order valence-electron chi connectivity index (χ2n) is 3.92. The molecule has 1 N–H and O–H groups in total. The van der Waals surface area contributed by atoms with E-state index in [-0.39, 0.29) is 25.5 Å². The van der Waals surface area contributed by atoms with Crippen molar-refractivity contribution in [3.8, 4) is 0 Å². The molecule has 9 heteroatoms. The van der Waals surface area contributed by atoms with Gasteiger partial charge in [0.15, 0.2) is 0 Å². The number of nitrogens with zero attached hydrogens (tertiary/aromatic N) is 5. The number of rotatable bonds is 4. The van der Waals surface area contributed by atoms with Crippen molar-refractivity contribution in [2.24, 2.45) is 0 Å². The summed E-state index contributed by atoms with van der Waals surface area (Å²) in [4.78, 5) is 24.3. The minimum Gasteiger partial charge on any atom is -0.481 e. The molecule has 0 aliphatic carbocycles. The monoisotopic (exact) mass is 255 g/mol. The van der Waals surface area contributed by atoms with Crippen LogP contribution < -0.4 is 0 Å². The van der Waals surface area contributed by atoms with Crippen LogP contribution in [0.15, 0.2) is 6.33 Å². The summed E-state index contributed by atoms with van der Waals surface area (Å²) < 4.78 is 6.50. The molecule has 0 bridgehead atoms. The molecule has 1 aromatic rings. The molecule has 1 saturated heterocycles. The molecule has 0 saturated carbocycles. The third kappa shape index (κ3) is 3.00. The molecule has 0 radical (unpaired) electrons. The first-order chi connectivity index (χ1) is 8.66. The molecular weight excluding hydrogens is 242 g/mol. The van der Waals surface area contributed by atoms with Crippen LogP contribution in [0, 0.1) is 0 Å². The largest absolute Gasteiger partial charge is 0.481 e. The Hall–Kier alpha value is -2.03. The lowest BCUT2D eigenvalue weighted by Crippen LogP contribution is -2.50. The summed E-state index contributed by atoms with van der Waals surface area (Å²) in [6, 6.07) is -0.430. The van der Waals surface area contributed by atoms with Gasteiger partial charge >= 0.3 is 5.97 Å². The van der Waals surface area contributed by atoms with Crippen LogP contribution in [0.1, 0.15) is 6.42 Å². The summed E-state index contributed by atoms with van der Waals surface area (Å²) in [5.41, 5.74) is 0. The Bertz CT molecular complexity index is 421. The highest BCUT2D eigenvalue weighted by atomic mass is 16.5. The van der Waals surface area contributed by atoms with Gasteiger partial charge in [0.2, 0.25) is 5.91 Å².